The number of thiazole rings is 1. The maximum absolute atomic E-state index is 8.84. The van der Waals surface area contributed by atoms with E-state index in [1.165, 1.54) is 4.70 Å². The number of thioether (sulfide) groups is 1. The Balaban J connectivity index is 1.39. The Morgan fingerprint density at radius 2 is 1.96 bits per heavy atom. The van der Waals surface area contributed by atoms with Crippen LogP contribution in [0.25, 0.3) is 10.2 Å². The van der Waals surface area contributed by atoms with Gasteiger partial charge in [0.15, 0.2) is 4.34 Å². The summed E-state index contributed by atoms with van der Waals surface area (Å²) in [6.07, 6.45) is 1.96. The van der Waals surface area contributed by atoms with Crippen LogP contribution in [-0.2, 0) is 12.3 Å². The van der Waals surface area contributed by atoms with Crippen LogP contribution in [0, 0.1) is 11.3 Å². The Kier molecular flexibility index (Phi) is 4.46. The fourth-order valence-corrected chi connectivity index (χ4v) is 4.35. The Morgan fingerprint density at radius 1 is 1.12 bits per heavy atom. The van der Waals surface area contributed by atoms with Gasteiger partial charge in [0.25, 0.3) is 0 Å². The van der Waals surface area contributed by atoms with Crippen LogP contribution in [0.5, 0.6) is 0 Å². The lowest BCUT2D eigenvalue weighted by Crippen LogP contribution is -2.00. The highest BCUT2D eigenvalue weighted by atomic mass is 32.2. The zero-order valence-corrected chi connectivity index (χ0v) is 14.8. The summed E-state index contributed by atoms with van der Waals surface area (Å²) in [5, 5.41) is 17.2. The maximum Gasteiger partial charge on any atom is 0.151 e. The van der Waals surface area contributed by atoms with Gasteiger partial charge in [-0.05, 0) is 29.8 Å². The molecule has 2 aromatic heterocycles. The van der Waals surface area contributed by atoms with E-state index in [1.54, 1.807) is 23.1 Å². The number of para-hydroxylation sites is 1. The highest BCUT2D eigenvalue weighted by molar-refractivity contribution is 8.00. The zero-order valence-electron chi connectivity index (χ0n) is 13.2. The number of benzene rings is 2. The molecule has 0 radical (unpaired) electrons. The number of nitriles is 1. The van der Waals surface area contributed by atoms with Gasteiger partial charge in [0.05, 0.1) is 34.1 Å². The van der Waals surface area contributed by atoms with Crippen molar-refractivity contribution in [2.24, 2.45) is 0 Å². The average molecular weight is 363 g/mol. The standard InChI is InChI=1S/C18H13N5S2/c19-9-13-5-7-14(8-6-13)10-23-11-15(21-22-23)12-24-18-20-16-3-1-2-4-17(16)25-18/h1-8,11H,10,12H2. The molecular weight excluding hydrogens is 350 g/mol. The summed E-state index contributed by atoms with van der Waals surface area (Å²) < 4.78 is 4.06. The molecule has 0 atom stereocenters. The van der Waals surface area contributed by atoms with Crippen LogP contribution in [-0.4, -0.2) is 20.0 Å². The van der Waals surface area contributed by atoms with E-state index in [9.17, 15) is 0 Å². The molecule has 0 aliphatic carbocycles. The van der Waals surface area contributed by atoms with Gasteiger partial charge in [-0.15, -0.1) is 16.4 Å². The van der Waals surface area contributed by atoms with Gasteiger partial charge >= 0.3 is 0 Å². The molecule has 25 heavy (non-hydrogen) atoms. The quantitative estimate of drug-likeness (QED) is 0.499. The molecule has 4 aromatic rings. The smallest absolute Gasteiger partial charge is 0.151 e. The van der Waals surface area contributed by atoms with Crippen molar-refractivity contribution in [2.75, 3.05) is 0 Å². The molecule has 0 saturated carbocycles. The second-order valence-electron chi connectivity index (χ2n) is 5.45. The van der Waals surface area contributed by atoms with Crippen LogP contribution >= 0.6 is 23.1 Å². The predicted octanol–water partition coefficient (Wildman–Crippen LogP) is 4.10. The summed E-state index contributed by atoms with van der Waals surface area (Å²) in [5.74, 6) is 0.743. The molecule has 0 aliphatic rings. The molecule has 0 spiro atoms. The number of hydrogen-bond donors (Lipinski definition) is 0. The first-order valence-corrected chi connectivity index (χ1v) is 9.47. The lowest BCUT2D eigenvalue weighted by Gasteiger charge is -2.00. The van der Waals surface area contributed by atoms with Crippen molar-refractivity contribution >= 4 is 33.3 Å². The number of nitrogens with zero attached hydrogens (tertiary/aromatic N) is 5. The predicted molar refractivity (Wildman–Crippen MR) is 99.5 cm³/mol. The van der Waals surface area contributed by atoms with E-state index in [2.05, 4.69) is 27.4 Å². The molecule has 0 amide bonds. The van der Waals surface area contributed by atoms with E-state index in [-0.39, 0.29) is 0 Å². The lowest BCUT2D eigenvalue weighted by molar-refractivity contribution is 0.649. The van der Waals surface area contributed by atoms with E-state index < -0.39 is 0 Å². The third-order valence-corrected chi connectivity index (χ3v) is 5.84. The zero-order chi connectivity index (χ0) is 17.1. The van der Waals surface area contributed by atoms with Gasteiger partial charge in [-0.25, -0.2) is 9.67 Å². The molecule has 0 unspecified atom stereocenters. The Labute approximate surface area is 152 Å². The number of fused-ring (bicyclic) bond motifs is 1. The van der Waals surface area contributed by atoms with Crippen molar-refractivity contribution in [1.82, 2.24) is 20.0 Å². The summed E-state index contributed by atoms with van der Waals surface area (Å²) in [4.78, 5) is 4.62. The van der Waals surface area contributed by atoms with Gasteiger partial charge in [-0.3, -0.25) is 0 Å². The van der Waals surface area contributed by atoms with E-state index in [0.29, 0.717) is 12.1 Å². The van der Waals surface area contributed by atoms with Crippen molar-refractivity contribution < 1.29 is 0 Å². The van der Waals surface area contributed by atoms with Crippen molar-refractivity contribution in [3.05, 3.63) is 71.5 Å². The first kappa shape index (κ1) is 15.8. The van der Waals surface area contributed by atoms with Gasteiger partial charge in [0.1, 0.15) is 0 Å². The molecule has 0 aliphatic heterocycles. The highest BCUT2D eigenvalue weighted by Crippen LogP contribution is 2.30. The van der Waals surface area contributed by atoms with Crippen molar-refractivity contribution in [1.29, 1.82) is 5.26 Å². The largest absolute Gasteiger partial charge is 0.248 e. The second-order valence-corrected chi connectivity index (χ2v) is 7.71. The van der Waals surface area contributed by atoms with Crippen LogP contribution in [0.4, 0.5) is 0 Å². The minimum absolute atomic E-state index is 0.643. The van der Waals surface area contributed by atoms with Gasteiger partial charge in [-0.1, -0.05) is 41.2 Å². The van der Waals surface area contributed by atoms with Crippen LogP contribution in [0.2, 0.25) is 0 Å². The van der Waals surface area contributed by atoms with Crippen LogP contribution in [0.15, 0.2) is 59.1 Å². The molecular formula is C18H13N5S2. The summed E-state index contributed by atoms with van der Waals surface area (Å²) in [7, 11) is 0. The average Bonchev–Trinajstić information content (AvgIpc) is 3.26. The molecule has 0 N–H and O–H groups in total. The molecule has 122 valence electrons. The minimum Gasteiger partial charge on any atom is -0.248 e. The number of rotatable bonds is 5. The maximum atomic E-state index is 8.84. The van der Waals surface area contributed by atoms with Crippen LogP contribution in [0.3, 0.4) is 0 Å². The summed E-state index contributed by atoms with van der Waals surface area (Å²) in [5.41, 5.74) is 3.72. The molecule has 2 heterocycles. The molecule has 4 rings (SSSR count). The first-order valence-electron chi connectivity index (χ1n) is 7.66. The van der Waals surface area contributed by atoms with Gasteiger partial charge in [0, 0.05) is 11.9 Å². The topological polar surface area (TPSA) is 67.4 Å². The lowest BCUT2D eigenvalue weighted by atomic mass is 10.1. The second kappa shape index (κ2) is 7.05. The molecule has 0 bridgehead atoms. The molecule has 0 saturated heterocycles. The summed E-state index contributed by atoms with van der Waals surface area (Å²) >= 11 is 3.38. The molecule has 7 heteroatoms. The monoisotopic (exact) mass is 363 g/mol. The fraction of sp³-hybridized carbons (Fsp3) is 0.111. The van der Waals surface area contributed by atoms with Crippen LogP contribution in [0.1, 0.15) is 16.8 Å². The van der Waals surface area contributed by atoms with Crippen LogP contribution < -0.4 is 0 Å². The first-order chi connectivity index (χ1) is 12.3. The number of hydrogen-bond acceptors (Lipinski definition) is 6. The molecule has 2 aromatic carbocycles. The van der Waals surface area contributed by atoms with Crippen molar-refractivity contribution in [3.63, 3.8) is 0 Å². The number of aromatic nitrogens is 4. The SMILES string of the molecule is N#Cc1ccc(Cn2cc(CSc3nc4ccccc4s3)nn2)cc1. The van der Waals surface area contributed by atoms with Crippen molar-refractivity contribution in [2.45, 2.75) is 16.6 Å². The van der Waals surface area contributed by atoms with E-state index >= 15 is 0 Å². The van der Waals surface area contributed by atoms with Gasteiger partial charge in [0.2, 0.25) is 0 Å². The minimum atomic E-state index is 0.643. The third-order valence-electron chi connectivity index (χ3n) is 3.63. The van der Waals surface area contributed by atoms with E-state index in [4.69, 9.17) is 5.26 Å². The van der Waals surface area contributed by atoms with Crippen molar-refractivity contribution in [3.8, 4) is 6.07 Å². The van der Waals surface area contributed by atoms with E-state index in [1.807, 2.05) is 53.3 Å². The highest BCUT2D eigenvalue weighted by Gasteiger charge is 2.07. The fourth-order valence-electron chi connectivity index (χ4n) is 2.40. The Bertz CT molecular complexity index is 1010. The Hall–Kier alpha value is -2.69. The van der Waals surface area contributed by atoms with E-state index in [0.717, 1.165) is 26.9 Å². The Morgan fingerprint density at radius 3 is 2.76 bits per heavy atom. The normalized spacial score (nSPS) is 10.8. The third kappa shape index (κ3) is 3.71. The summed E-state index contributed by atoms with van der Waals surface area (Å²) in [6, 6.07) is 17.8. The molecule has 0 fully saturated rings. The van der Waals surface area contributed by atoms with Gasteiger partial charge in [-0.2, -0.15) is 5.26 Å². The van der Waals surface area contributed by atoms with Gasteiger partial charge < -0.3 is 0 Å². The summed E-state index contributed by atoms with van der Waals surface area (Å²) in [6.45, 7) is 0.643. The molecule has 5 nitrogen and oxygen atoms in total.